The molecule has 0 saturated carbocycles. The molecule has 144 valence electrons. The molecule has 1 N–H and O–H groups in total. The molecule has 6 heteroatoms. The Labute approximate surface area is 161 Å². The topological polar surface area (TPSA) is 57.7 Å². The molecule has 1 aliphatic heterocycles. The van der Waals surface area contributed by atoms with E-state index in [1.54, 1.807) is 19.1 Å². The lowest BCUT2D eigenvalue weighted by Gasteiger charge is -2.27. The standard InChI is InChI=1S/C21H28N4O2/c1-16(18-8-4-5-9-19(18)27-3)24(2)21(26)23-15-17-10-11-22-20(14-17)25-12-6-7-13-25/h4-5,8-11,14,16H,6-7,12-13,15H2,1-3H3,(H,23,26). The summed E-state index contributed by atoms with van der Waals surface area (Å²) in [6.07, 6.45) is 4.25. The van der Waals surface area contributed by atoms with Gasteiger partial charge in [0.25, 0.3) is 0 Å². The molecule has 1 aromatic carbocycles. The molecule has 0 radical (unpaired) electrons. The van der Waals surface area contributed by atoms with Crippen molar-refractivity contribution in [2.45, 2.75) is 32.4 Å². The summed E-state index contributed by atoms with van der Waals surface area (Å²) >= 11 is 0. The number of hydrogen-bond acceptors (Lipinski definition) is 4. The molecular formula is C21H28N4O2. The molecule has 0 spiro atoms. The zero-order valence-corrected chi connectivity index (χ0v) is 16.3. The Hall–Kier alpha value is -2.76. The quantitative estimate of drug-likeness (QED) is 0.846. The van der Waals surface area contributed by atoms with Crippen molar-refractivity contribution in [2.24, 2.45) is 0 Å². The average Bonchev–Trinajstić information content (AvgIpc) is 3.26. The Morgan fingerprint density at radius 2 is 2.04 bits per heavy atom. The van der Waals surface area contributed by atoms with Crippen molar-refractivity contribution in [2.75, 3.05) is 32.1 Å². The van der Waals surface area contributed by atoms with Gasteiger partial charge in [0.05, 0.1) is 13.2 Å². The van der Waals surface area contributed by atoms with E-state index >= 15 is 0 Å². The van der Waals surface area contributed by atoms with Gasteiger partial charge in [-0.1, -0.05) is 18.2 Å². The van der Waals surface area contributed by atoms with Crippen molar-refractivity contribution >= 4 is 11.8 Å². The van der Waals surface area contributed by atoms with Crippen LogP contribution in [0, 0.1) is 0 Å². The number of nitrogens with one attached hydrogen (secondary N) is 1. The third-order valence-corrected chi connectivity index (χ3v) is 5.17. The zero-order chi connectivity index (χ0) is 19.2. The maximum absolute atomic E-state index is 12.6. The van der Waals surface area contributed by atoms with Gasteiger partial charge < -0.3 is 19.9 Å². The number of aromatic nitrogens is 1. The number of urea groups is 1. The monoisotopic (exact) mass is 368 g/mol. The van der Waals surface area contributed by atoms with E-state index in [2.05, 4.69) is 21.3 Å². The minimum Gasteiger partial charge on any atom is -0.496 e. The predicted octanol–water partition coefficient (Wildman–Crippen LogP) is 3.59. The van der Waals surface area contributed by atoms with Crippen LogP contribution in [0.3, 0.4) is 0 Å². The Morgan fingerprint density at radius 3 is 2.78 bits per heavy atom. The van der Waals surface area contributed by atoms with Crippen LogP contribution in [-0.4, -0.2) is 43.2 Å². The number of benzene rings is 1. The van der Waals surface area contributed by atoms with Crippen molar-refractivity contribution in [3.63, 3.8) is 0 Å². The van der Waals surface area contributed by atoms with Crippen LogP contribution in [0.15, 0.2) is 42.6 Å². The van der Waals surface area contributed by atoms with Crippen LogP contribution in [0.25, 0.3) is 0 Å². The zero-order valence-electron chi connectivity index (χ0n) is 16.3. The number of anilines is 1. The average molecular weight is 368 g/mol. The Balaban J connectivity index is 1.61. The van der Waals surface area contributed by atoms with E-state index in [0.29, 0.717) is 6.54 Å². The molecule has 1 unspecified atom stereocenters. The summed E-state index contributed by atoms with van der Waals surface area (Å²) in [4.78, 5) is 21.1. The van der Waals surface area contributed by atoms with Crippen molar-refractivity contribution in [3.8, 4) is 5.75 Å². The number of amides is 2. The third-order valence-electron chi connectivity index (χ3n) is 5.17. The van der Waals surface area contributed by atoms with E-state index < -0.39 is 0 Å². The van der Waals surface area contributed by atoms with E-state index in [1.807, 2.05) is 43.5 Å². The highest BCUT2D eigenvalue weighted by Crippen LogP contribution is 2.28. The fourth-order valence-corrected chi connectivity index (χ4v) is 3.39. The number of para-hydroxylation sites is 1. The molecule has 27 heavy (non-hydrogen) atoms. The molecule has 0 aliphatic carbocycles. The molecule has 1 aromatic heterocycles. The number of ether oxygens (including phenoxy) is 1. The normalized spacial score (nSPS) is 14.7. The largest absolute Gasteiger partial charge is 0.496 e. The summed E-state index contributed by atoms with van der Waals surface area (Å²) in [5, 5.41) is 3.00. The number of rotatable bonds is 6. The fraction of sp³-hybridized carbons (Fsp3) is 0.429. The molecule has 1 saturated heterocycles. The molecule has 2 amide bonds. The van der Waals surface area contributed by atoms with Crippen LogP contribution < -0.4 is 15.0 Å². The summed E-state index contributed by atoms with van der Waals surface area (Å²) in [5.74, 6) is 1.78. The van der Waals surface area contributed by atoms with Crippen LogP contribution in [0.5, 0.6) is 5.75 Å². The van der Waals surface area contributed by atoms with E-state index in [1.165, 1.54) is 12.8 Å². The summed E-state index contributed by atoms with van der Waals surface area (Å²) in [5.41, 5.74) is 2.04. The first-order chi connectivity index (χ1) is 13.1. The molecule has 1 fully saturated rings. The van der Waals surface area contributed by atoms with E-state index in [9.17, 15) is 4.79 Å². The lowest BCUT2D eigenvalue weighted by molar-refractivity contribution is 0.193. The number of carbonyl (C=O) groups is 1. The van der Waals surface area contributed by atoms with Gasteiger partial charge in [0, 0.05) is 38.4 Å². The summed E-state index contributed by atoms with van der Waals surface area (Å²) in [7, 11) is 3.45. The smallest absolute Gasteiger partial charge is 0.317 e. The minimum atomic E-state index is -0.118. The molecular weight excluding hydrogens is 340 g/mol. The second-order valence-corrected chi connectivity index (χ2v) is 6.90. The van der Waals surface area contributed by atoms with Gasteiger partial charge in [0.2, 0.25) is 0 Å². The highest BCUT2D eigenvalue weighted by Gasteiger charge is 2.20. The highest BCUT2D eigenvalue weighted by atomic mass is 16.5. The van der Waals surface area contributed by atoms with Crippen LogP contribution >= 0.6 is 0 Å². The summed E-state index contributed by atoms with van der Waals surface area (Å²) < 4.78 is 5.42. The van der Waals surface area contributed by atoms with E-state index in [0.717, 1.165) is 35.8 Å². The molecule has 1 aliphatic rings. The van der Waals surface area contributed by atoms with Crippen molar-refractivity contribution in [3.05, 3.63) is 53.7 Å². The van der Waals surface area contributed by atoms with Gasteiger partial charge in [0.1, 0.15) is 11.6 Å². The van der Waals surface area contributed by atoms with Gasteiger partial charge in [-0.25, -0.2) is 9.78 Å². The summed E-state index contributed by atoms with van der Waals surface area (Å²) in [6, 6.07) is 11.6. The Morgan fingerprint density at radius 1 is 1.30 bits per heavy atom. The number of pyridine rings is 1. The van der Waals surface area contributed by atoms with E-state index in [-0.39, 0.29) is 12.1 Å². The molecule has 1 atom stereocenters. The second-order valence-electron chi connectivity index (χ2n) is 6.90. The van der Waals surface area contributed by atoms with Gasteiger partial charge in [0.15, 0.2) is 0 Å². The highest BCUT2D eigenvalue weighted by molar-refractivity contribution is 5.74. The molecule has 6 nitrogen and oxygen atoms in total. The third kappa shape index (κ3) is 4.51. The first-order valence-corrected chi connectivity index (χ1v) is 9.43. The fourth-order valence-electron chi connectivity index (χ4n) is 3.39. The van der Waals surface area contributed by atoms with Crippen molar-refractivity contribution in [1.82, 2.24) is 15.2 Å². The number of carbonyl (C=O) groups excluding carboxylic acids is 1. The SMILES string of the molecule is COc1ccccc1C(C)N(C)C(=O)NCc1ccnc(N2CCCC2)c1. The second kappa shape index (κ2) is 8.75. The Kier molecular flexibility index (Phi) is 6.16. The lowest BCUT2D eigenvalue weighted by atomic mass is 10.1. The van der Waals surface area contributed by atoms with Crippen molar-refractivity contribution < 1.29 is 9.53 Å². The number of nitrogens with zero attached hydrogens (tertiary/aromatic N) is 3. The molecule has 2 heterocycles. The number of methoxy groups -OCH3 is 1. The predicted molar refractivity (Wildman–Crippen MR) is 107 cm³/mol. The maximum atomic E-state index is 12.6. The van der Waals surface area contributed by atoms with Gasteiger partial charge >= 0.3 is 6.03 Å². The summed E-state index contributed by atoms with van der Waals surface area (Å²) in [6.45, 7) is 4.59. The first kappa shape index (κ1) is 19.0. The molecule has 3 rings (SSSR count). The molecule has 2 aromatic rings. The van der Waals surface area contributed by atoms with Gasteiger partial charge in [-0.3, -0.25) is 0 Å². The maximum Gasteiger partial charge on any atom is 0.317 e. The van der Waals surface area contributed by atoms with Crippen LogP contribution in [0.1, 0.15) is 36.9 Å². The van der Waals surface area contributed by atoms with Gasteiger partial charge in [-0.15, -0.1) is 0 Å². The minimum absolute atomic E-state index is 0.0984. The number of hydrogen-bond donors (Lipinski definition) is 1. The Bertz CT molecular complexity index is 774. The van der Waals surface area contributed by atoms with Crippen LogP contribution in [-0.2, 0) is 6.54 Å². The van der Waals surface area contributed by atoms with Crippen LogP contribution in [0.2, 0.25) is 0 Å². The van der Waals surface area contributed by atoms with Crippen LogP contribution in [0.4, 0.5) is 10.6 Å². The molecule has 0 bridgehead atoms. The van der Waals surface area contributed by atoms with Gasteiger partial charge in [-0.05, 0) is 43.5 Å². The van der Waals surface area contributed by atoms with E-state index in [4.69, 9.17) is 4.74 Å². The lowest BCUT2D eigenvalue weighted by Crippen LogP contribution is -2.38. The van der Waals surface area contributed by atoms with Gasteiger partial charge in [-0.2, -0.15) is 0 Å². The van der Waals surface area contributed by atoms with Crippen molar-refractivity contribution in [1.29, 1.82) is 0 Å². The first-order valence-electron chi connectivity index (χ1n) is 9.43.